The Kier molecular flexibility index (Phi) is 6.94. The first-order valence-electron chi connectivity index (χ1n) is 12.9. The summed E-state index contributed by atoms with van der Waals surface area (Å²) in [5.74, 6) is 0.0974. The van der Waals surface area contributed by atoms with Crippen LogP contribution in [-0.4, -0.2) is 29.1 Å². The molecule has 6 rings (SSSR count). The summed E-state index contributed by atoms with van der Waals surface area (Å²) in [5, 5.41) is 1.81. The van der Waals surface area contributed by atoms with E-state index in [1.165, 1.54) is 41.5 Å². The molecular formula is C31H29N3OS2. The first-order valence-corrected chi connectivity index (χ1v) is 14.5. The standard InChI is InChI=1S/C31H29N3OS2/c1-33-26-14-8-9-15-27(26)36-30(33)28-29(35)34(25-12-6-3-7-13-25)31(37-28)32-24-20-18-23(19-21-24)17-16-22-10-4-2-5-11-22/h2,4-5,8-11,14-21,25H,3,6-7,12-13H2,1H3/b17-16+,30-28-,32-31?. The molecule has 1 saturated heterocycles. The fourth-order valence-electron chi connectivity index (χ4n) is 5.08. The second-order valence-corrected chi connectivity index (χ2v) is 11.6. The monoisotopic (exact) mass is 523 g/mol. The maximum absolute atomic E-state index is 13.9. The number of carbonyl (C=O) groups excluding carboxylic acids is 1. The number of aliphatic imine (C=N–C) groups is 1. The van der Waals surface area contributed by atoms with Gasteiger partial charge in [0, 0.05) is 18.0 Å². The van der Waals surface area contributed by atoms with E-state index in [0.717, 1.165) is 44.9 Å². The van der Waals surface area contributed by atoms with Gasteiger partial charge in [0.1, 0.15) is 4.91 Å². The minimum absolute atomic E-state index is 0.0974. The Hall–Kier alpha value is -3.22. The van der Waals surface area contributed by atoms with Crippen LogP contribution in [0, 0.1) is 0 Å². The Morgan fingerprint density at radius 2 is 1.49 bits per heavy atom. The first kappa shape index (κ1) is 24.1. The highest BCUT2D eigenvalue weighted by atomic mass is 32.2. The number of hydrogen-bond donors (Lipinski definition) is 0. The molecule has 0 bridgehead atoms. The number of amidine groups is 1. The molecule has 0 aromatic heterocycles. The van der Waals surface area contributed by atoms with Crippen LogP contribution < -0.4 is 4.90 Å². The van der Waals surface area contributed by atoms with Gasteiger partial charge in [-0.1, -0.05) is 97.8 Å². The topological polar surface area (TPSA) is 35.9 Å². The largest absolute Gasteiger partial charge is 0.337 e. The fourth-order valence-corrected chi connectivity index (χ4v) is 7.49. The van der Waals surface area contributed by atoms with Gasteiger partial charge >= 0.3 is 0 Å². The van der Waals surface area contributed by atoms with Gasteiger partial charge in [0.15, 0.2) is 5.17 Å². The summed E-state index contributed by atoms with van der Waals surface area (Å²) in [6.07, 6.45) is 9.89. The number of anilines is 1. The van der Waals surface area contributed by atoms with E-state index < -0.39 is 0 Å². The minimum atomic E-state index is 0.0974. The number of hydrogen-bond acceptors (Lipinski definition) is 5. The van der Waals surface area contributed by atoms with Gasteiger partial charge in [0.05, 0.1) is 16.4 Å². The second-order valence-electron chi connectivity index (χ2n) is 9.56. The van der Waals surface area contributed by atoms with Crippen LogP contribution in [0.4, 0.5) is 11.4 Å². The zero-order valence-electron chi connectivity index (χ0n) is 20.8. The first-order chi connectivity index (χ1) is 18.2. The van der Waals surface area contributed by atoms with Gasteiger partial charge in [0.2, 0.25) is 0 Å². The number of benzene rings is 3. The number of rotatable bonds is 4. The Balaban J connectivity index is 1.30. The number of para-hydroxylation sites is 1. The third-order valence-electron chi connectivity index (χ3n) is 7.07. The maximum atomic E-state index is 13.9. The van der Waals surface area contributed by atoms with Crippen molar-refractivity contribution in [3.8, 4) is 0 Å². The summed E-state index contributed by atoms with van der Waals surface area (Å²) in [6.45, 7) is 0. The van der Waals surface area contributed by atoms with Gasteiger partial charge in [-0.15, -0.1) is 0 Å². The highest BCUT2D eigenvalue weighted by molar-refractivity contribution is 8.19. The predicted molar refractivity (Wildman–Crippen MR) is 158 cm³/mol. The van der Waals surface area contributed by atoms with E-state index in [-0.39, 0.29) is 11.9 Å². The van der Waals surface area contributed by atoms with Crippen LogP contribution >= 0.6 is 23.5 Å². The summed E-state index contributed by atoms with van der Waals surface area (Å²) in [4.78, 5) is 25.0. The Morgan fingerprint density at radius 1 is 0.811 bits per heavy atom. The van der Waals surface area contributed by atoms with Crippen LogP contribution in [-0.2, 0) is 4.79 Å². The van der Waals surface area contributed by atoms with Crippen molar-refractivity contribution in [2.24, 2.45) is 4.99 Å². The molecule has 3 aliphatic rings. The summed E-state index contributed by atoms with van der Waals surface area (Å²) < 4.78 is 0. The molecular weight excluding hydrogens is 494 g/mol. The van der Waals surface area contributed by atoms with Crippen molar-refractivity contribution < 1.29 is 4.79 Å². The molecule has 1 aliphatic carbocycles. The molecule has 4 nitrogen and oxygen atoms in total. The maximum Gasteiger partial charge on any atom is 0.269 e. The van der Waals surface area contributed by atoms with Gasteiger partial charge < -0.3 is 4.90 Å². The third-order valence-corrected chi connectivity index (χ3v) is 9.48. The van der Waals surface area contributed by atoms with Crippen molar-refractivity contribution in [1.29, 1.82) is 0 Å². The van der Waals surface area contributed by atoms with E-state index in [1.807, 2.05) is 41.3 Å². The predicted octanol–water partition coefficient (Wildman–Crippen LogP) is 8.16. The average molecular weight is 524 g/mol. The molecule has 2 heterocycles. The van der Waals surface area contributed by atoms with E-state index in [0.29, 0.717) is 0 Å². The average Bonchev–Trinajstić information content (AvgIpc) is 3.45. The fraction of sp³-hybridized carbons (Fsp3) is 0.226. The van der Waals surface area contributed by atoms with E-state index in [9.17, 15) is 4.79 Å². The second kappa shape index (κ2) is 10.6. The van der Waals surface area contributed by atoms with Crippen LogP contribution in [0.5, 0.6) is 0 Å². The molecule has 186 valence electrons. The molecule has 0 unspecified atom stereocenters. The summed E-state index contributed by atoms with van der Waals surface area (Å²) in [5.41, 5.74) is 4.32. The minimum Gasteiger partial charge on any atom is -0.337 e. The lowest BCUT2D eigenvalue weighted by Crippen LogP contribution is -2.40. The zero-order valence-corrected chi connectivity index (χ0v) is 22.5. The smallest absolute Gasteiger partial charge is 0.269 e. The number of carbonyl (C=O) groups is 1. The molecule has 0 atom stereocenters. The van der Waals surface area contributed by atoms with Crippen molar-refractivity contribution in [3.05, 3.63) is 99.9 Å². The highest BCUT2D eigenvalue weighted by Gasteiger charge is 2.42. The van der Waals surface area contributed by atoms with Crippen LogP contribution in [0.15, 0.2) is 98.7 Å². The van der Waals surface area contributed by atoms with E-state index in [2.05, 4.69) is 66.6 Å². The molecule has 3 aromatic rings. The highest BCUT2D eigenvalue weighted by Crippen LogP contribution is 2.50. The SMILES string of the molecule is CN1/C(=C2/SC(=Nc3ccc(/C=C/c4ccccc4)cc3)N(C3CCCCC3)C2=O)Sc2ccccc21. The Labute approximate surface area is 227 Å². The van der Waals surface area contributed by atoms with Gasteiger partial charge in [0.25, 0.3) is 5.91 Å². The van der Waals surface area contributed by atoms with Crippen molar-refractivity contribution >= 4 is 58.1 Å². The van der Waals surface area contributed by atoms with E-state index in [1.54, 1.807) is 11.8 Å². The van der Waals surface area contributed by atoms with Crippen molar-refractivity contribution in [2.45, 2.75) is 43.0 Å². The normalized spacial score (nSPS) is 21.4. The number of fused-ring (bicyclic) bond motifs is 1. The molecule has 1 amide bonds. The molecule has 1 saturated carbocycles. The van der Waals surface area contributed by atoms with Crippen LogP contribution in [0.1, 0.15) is 43.2 Å². The molecule has 0 N–H and O–H groups in total. The molecule has 37 heavy (non-hydrogen) atoms. The summed E-state index contributed by atoms with van der Waals surface area (Å²) in [6, 6.07) is 27.1. The van der Waals surface area contributed by atoms with Gasteiger partial charge in [-0.2, -0.15) is 0 Å². The Morgan fingerprint density at radius 3 is 2.22 bits per heavy atom. The lowest BCUT2D eigenvalue weighted by atomic mass is 9.94. The summed E-state index contributed by atoms with van der Waals surface area (Å²) in [7, 11) is 2.05. The van der Waals surface area contributed by atoms with Crippen molar-refractivity contribution in [3.63, 3.8) is 0 Å². The van der Waals surface area contributed by atoms with Crippen LogP contribution in [0.2, 0.25) is 0 Å². The van der Waals surface area contributed by atoms with Crippen LogP contribution in [0.25, 0.3) is 12.2 Å². The third kappa shape index (κ3) is 5.00. The van der Waals surface area contributed by atoms with Crippen LogP contribution in [0.3, 0.4) is 0 Å². The zero-order chi connectivity index (χ0) is 25.2. The van der Waals surface area contributed by atoms with Gasteiger partial charge in [-0.25, -0.2) is 4.99 Å². The van der Waals surface area contributed by atoms with Gasteiger partial charge in [-0.3, -0.25) is 9.69 Å². The summed E-state index contributed by atoms with van der Waals surface area (Å²) >= 11 is 3.21. The molecule has 6 heteroatoms. The lowest BCUT2D eigenvalue weighted by molar-refractivity contribution is -0.124. The molecule has 3 aromatic carbocycles. The lowest BCUT2D eigenvalue weighted by Gasteiger charge is -2.30. The number of nitrogens with zero attached hydrogens (tertiary/aromatic N) is 3. The molecule has 2 aliphatic heterocycles. The molecule has 2 fully saturated rings. The quantitative estimate of drug-likeness (QED) is 0.255. The van der Waals surface area contributed by atoms with E-state index in [4.69, 9.17) is 4.99 Å². The van der Waals surface area contributed by atoms with Gasteiger partial charge in [-0.05, 0) is 60.0 Å². The van der Waals surface area contributed by atoms with Crippen molar-refractivity contribution in [2.75, 3.05) is 11.9 Å². The molecule has 0 radical (unpaired) electrons. The van der Waals surface area contributed by atoms with E-state index >= 15 is 0 Å². The number of thioether (sulfide) groups is 2. The van der Waals surface area contributed by atoms with Crippen molar-refractivity contribution in [1.82, 2.24) is 4.90 Å². The molecule has 0 spiro atoms. The Bertz CT molecular complexity index is 1390. The number of amides is 1.